The molecule has 0 aromatic carbocycles. The molecule has 4 aromatic heterocycles. The molecule has 4 heterocycles. The molecule has 0 bridgehead atoms. The SMILES string of the molecule is CCc1cccc2nc(Cn3ccnc3-c3cccc(F)n3)c(C)n12. The predicted molar refractivity (Wildman–Crippen MR) is 93.8 cm³/mol. The van der Waals surface area contributed by atoms with Crippen LogP contribution in [0.4, 0.5) is 4.39 Å². The van der Waals surface area contributed by atoms with Crippen LogP contribution < -0.4 is 0 Å². The molecule has 0 fully saturated rings. The van der Waals surface area contributed by atoms with Crippen LogP contribution in [0.3, 0.4) is 0 Å². The highest BCUT2D eigenvalue weighted by Gasteiger charge is 2.14. The molecule has 0 unspecified atom stereocenters. The van der Waals surface area contributed by atoms with Gasteiger partial charge in [0.15, 0.2) is 5.82 Å². The van der Waals surface area contributed by atoms with Gasteiger partial charge in [0.1, 0.15) is 11.3 Å². The van der Waals surface area contributed by atoms with E-state index in [1.807, 2.05) is 22.9 Å². The molecule has 0 N–H and O–H groups in total. The highest BCUT2D eigenvalue weighted by Crippen LogP contribution is 2.20. The summed E-state index contributed by atoms with van der Waals surface area (Å²) in [4.78, 5) is 13.0. The maximum Gasteiger partial charge on any atom is 0.213 e. The average Bonchev–Trinajstić information content (AvgIpc) is 3.20. The van der Waals surface area contributed by atoms with Crippen LogP contribution >= 0.6 is 0 Å². The van der Waals surface area contributed by atoms with Gasteiger partial charge in [-0.15, -0.1) is 0 Å². The number of hydrogen-bond acceptors (Lipinski definition) is 3. The minimum atomic E-state index is -0.511. The van der Waals surface area contributed by atoms with Crippen LogP contribution in [0.15, 0.2) is 48.8 Å². The topological polar surface area (TPSA) is 48.0 Å². The minimum absolute atomic E-state index is 0.511. The van der Waals surface area contributed by atoms with Crippen molar-refractivity contribution < 1.29 is 4.39 Å². The monoisotopic (exact) mass is 335 g/mol. The maximum absolute atomic E-state index is 13.4. The lowest BCUT2D eigenvalue weighted by molar-refractivity contribution is 0.584. The smallest absolute Gasteiger partial charge is 0.213 e. The molecule has 0 saturated heterocycles. The number of hydrogen-bond donors (Lipinski definition) is 0. The molecule has 0 atom stereocenters. The zero-order valence-electron chi connectivity index (χ0n) is 14.1. The third-order valence-electron chi connectivity index (χ3n) is 4.39. The molecule has 25 heavy (non-hydrogen) atoms. The Kier molecular flexibility index (Phi) is 3.80. The van der Waals surface area contributed by atoms with Crippen molar-refractivity contribution in [2.75, 3.05) is 0 Å². The van der Waals surface area contributed by atoms with Gasteiger partial charge in [0.25, 0.3) is 0 Å². The highest BCUT2D eigenvalue weighted by molar-refractivity contribution is 5.50. The number of pyridine rings is 2. The van der Waals surface area contributed by atoms with E-state index in [0.29, 0.717) is 18.1 Å². The maximum atomic E-state index is 13.4. The molecule has 5 nitrogen and oxygen atoms in total. The molecule has 0 radical (unpaired) electrons. The molecule has 4 aromatic rings. The first kappa shape index (κ1) is 15.5. The van der Waals surface area contributed by atoms with Crippen LogP contribution in [0.2, 0.25) is 0 Å². The van der Waals surface area contributed by atoms with Crippen LogP contribution in [0, 0.1) is 12.9 Å². The van der Waals surface area contributed by atoms with Crippen LogP contribution in [-0.4, -0.2) is 23.9 Å². The third kappa shape index (κ3) is 2.69. The number of aromatic nitrogens is 5. The fourth-order valence-electron chi connectivity index (χ4n) is 3.15. The number of aryl methyl sites for hydroxylation is 2. The lowest BCUT2D eigenvalue weighted by atomic mass is 10.2. The summed E-state index contributed by atoms with van der Waals surface area (Å²) in [6.45, 7) is 4.77. The second kappa shape index (κ2) is 6.12. The van der Waals surface area contributed by atoms with E-state index < -0.39 is 5.95 Å². The minimum Gasteiger partial charge on any atom is -0.324 e. The van der Waals surface area contributed by atoms with Crippen LogP contribution in [0.1, 0.15) is 24.0 Å². The van der Waals surface area contributed by atoms with Gasteiger partial charge in [0, 0.05) is 23.8 Å². The Morgan fingerprint density at radius 3 is 2.72 bits per heavy atom. The number of rotatable bonds is 4. The van der Waals surface area contributed by atoms with Crippen molar-refractivity contribution in [1.82, 2.24) is 23.9 Å². The van der Waals surface area contributed by atoms with Crippen molar-refractivity contribution in [3.63, 3.8) is 0 Å². The summed E-state index contributed by atoms with van der Waals surface area (Å²) in [5, 5.41) is 0. The van der Waals surface area contributed by atoms with E-state index >= 15 is 0 Å². The predicted octanol–water partition coefficient (Wildman–Crippen LogP) is 3.65. The van der Waals surface area contributed by atoms with Crippen molar-refractivity contribution in [1.29, 1.82) is 0 Å². The Hall–Kier alpha value is -3.02. The van der Waals surface area contributed by atoms with Gasteiger partial charge in [-0.3, -0.25) is 0 Å². The number of imidazole rings is 2. The van der Waals surface area contributed by atoms with E-state index in [1.165, 1.54) is 11.8 Å². The van der Waals surface area contributed by atoms with E-state index in [4.69, 9.17) is 4.98 Å². The van der Waals surface area contributed by atoms with Gasteiger partial charge in [-0.2, -0.15) is 4.39 Å². The molecule has 126 valence electrons. The molecule has 6 heteroatoms. The standard InChI is InChI=1S/C19H18FN5/c1-3-14-6-4-9-18-23-16(13(2)25(14)18)12-24-11-10-21-19(24)15-7-5-8-17(20)22-15/h4-11H,3,12H2,1-2H3. The molecule has 0 amide bonds. The Labute approximate surface area is 144 Å². The molecule has 0 aliphatic carbocycles. The second-order valence-corrected chi connectivity index (χ2v) is 5.93. The fraction of sp³-hybridized carbons (Fsp3) is 0.211. The van der Waals surface area contributed by atoms with E-state index in [9.17, 15) is 4.39 Å². The number of halogens is 1. The van der Waals surface area contributed by atoms with Crippen molar-refractivity contribution in [2.45, 2.75) is 26.8 Å². The number of fused-ring (bicyclic) bond motifs is 1. The van der Waals surface area contributed by atoms with Gasteiger partial charge in [-0.25, -0.2) is 15.0 Å². The Morgan fingerprint density at radius 2 is 1.92 bits per heavy atom. The molecular weight excluding hydrogens is 317 g/mol. The van der Waals surface area contributed by atoms with E-state index in [0.717, 1.165) is 23.5 Å². The number of nitrogens with zero attached hydrogens (tertiary/aromatic N) is 5. The van der Waals surface area contributed by atoms with Crippen molar-refractivity contribution in [3.05, 3.63) is 71.8 Å². The first-order valence-corrected chi connectivity index (χ1v) is 8.27. The zero-order valence-corrected chi connectivity index (χ0v) is 14.1. The van der Waals surface area contributed by atoms with E-state index in [1.54, 1.807) is 18.3 Å². The van der Waals surface area contributed by atoms with Gasteiger partial charge in [0.2, 0.25) is 5.95 Å². The quantitative estimate of drug-likeness (QED) is 0.535. The molecule has 0 saturated carbocycles. The summed E-state index contributed by atoms with van der Waals surface area (Å²) in [6.07, 6.45) is 4.51. The van der Waals surface area contributed by atoms with Gasteiger partial charge < -0.3 is 8.97 Å². The summed E-state index contributed by atoms with van der Waals surface area (Å²) in [5.41, 5.74) is 4.76. The molecule has 0 spiro atoms. The van der Waals surface area contributed by atoms with Crippen LogP contribution in [0.5, 0.6) is 0 Å². The second-order valence-electron chi connectivity index (χ2n) is 5.93. The molecular formula is C19H18FN5. The van der Waals surface area contributed by atoms with Gasteiger partial charge in [-0.05, 0) is 37.6 Å². The fourth-order valence-corrected chi connectivity index (χ4v) is 3.15. The van der Waals surface area contributed by atoms with Gasteiger partial charge in [-0.1, -0.05) is 19.1 Å². The summed E-state index contributed by atoms with van der Waals surface area (Å²) in [7, 11) is 0. The largest absolute Gasteiger partial charge is 0.324 e. The Balaban J connectivity index is 1.76. The Bertz CT molecular complexity index is 1050. The average molecular weight is 335 g/mol. The molecule has 4 rings (SSSR count). The van der Waals surface area contributed by atoms with Gasteiger partial charge in [0.05, 0.1) is 12.2 Å². The molecule has 0 aliphatic rings. The lowest BCUT2D eigenvalue weighted by Crippen LogP contribution is -2.05. The Morgan fingerprint density at radius 1 is 1.08 bits per heavy atom. The summed E-state index contributed by atoms with van der Waals surface area (Å²) in [5.74, 6) is 0.121. The van der Waals surface area contributed by atoms with Crippen LogP contribution in [0.25, 0.3) is 17.2 Å². The van der Waals surface area contributed by atoms with Gasteiger partial charge >= 0.3 is 0 Å². The third-order valence-corrected chi connectivity index (χ3v) is 4.39. The van der Waals surface area contributed by atoms with E-state index in [-0.39, 0.29) is 0 Å². The summed E-state index contributed by atoms with van der Waals surface area (Å²) < 4.78 is 17.6. The first-order valence-electron chi connectivity index (χ1n) is 8.27. The van der Waals surface area contributed by atoms with Crippen LogP contribution in [-0.2, 0) is 13.0 Å². The molecule has 0 aliphatic heterocycles. The highest BCUT2D eigenvalue weighted by atomic mass is 19.1. The van der Waals surface area contributed by atoms with E-state index in [2.05, 4.69) is 34.3 Å². The lowest BCUT2D eigenvalue weighted by Gasteiger charge is -2.07. The summed E-state index contributed by atoms with van der Waals surface area (Å²) in [6, 6.07) is 10.9. The van der Waals surface area contributed by atoms with Crippen molar-refractivity contribution in [3.8, 4) is 11.5 Å². The normalized spacial score (nSPS) is 11.3. The van der Waals surface area contributed by atoms with Crippen molar-refractivity contribution in [2.24, 2.45) is 0 Å². The summed E-state index contributed by atoms with van der Waals surface area (Å²) >= 11 is 0. The van der Waals surface area contributed by atoms with Crippen molar-refractivity contribution >= 4 is 5.65 Å². The first-order chi connectivity index (χ1) is 12.2. The zero-order chi connectivity index (χ0) is 17.4.